The van der Waals surface area contributed by atoms with Crippen LogP contribution >= 0.6 is 11.3 Å². The molecule has 0 amide bonds. The van der Waals surface area contributed by atoms with Crippen molar-refractivity contribution in [3.05, 3.63) is 73.0 Å². The second-order valence-electron chi connectivity index (χ2n) is 6.36. The largest absolute Gasteiger partial charge is 0.493 e. The van der Waals surface area contributed by atoms with Crippen molar-refractivity contribution in [3.8, 4) is 22.9 Å². The highest BCUT2D eigenvalue weighted by atomic mass is 32.1. The van der Waals surface area contributed by atoms with E-state index in [0.717, 1.165) is 15.9 Å². The molecular formula is C20H14N4O6S. The van der Waals surface area contributed by atoms with Crippen molar-refractivity contribution in [2.75, 3.05) is 7.11 Å². The monoisotopic (exact) mass is 438 g/mol. The first-order valence-electron chi connectivity index (χ1n) is 8.88. The summed E-state index contributed by atoms with van der Waals surface area (Å²) in [5, 5.41) is 15.2. The number of fused-ring (bicyclic) bond motifs is 1. The Bertz CT molecular complexity index is 1440. The number of esters is 1. The maximum Gasteiger partial charge on any atom is 0.308 e. The molecule has 0 spiro atoms. The summed E-state index contributed by atoms with van der Waals surface area (Å²) >= 11 is 1.13. The van der Waals surface area contributed by atoms with Gasteiger partial charge in [-0.05, 0) is 23.8 Å². The summed E-state index contributed by atoms with van der Waals surface area (Å²) < 4.78 is 11.9. The molecule has 4 aromatic rings. The van der Waals surface area contributed by atoms with Crippen LogP contribution < -0.4 is 19.6 Å². The summed E-state index contributed by atoms with van der Waals surface area (Å²) in [7, 11) is 1.45. The molecule has 0 aliphatic rings. The van der Waals surface area contributed by atoms with Crippen molar-refractivity contribution in [1.29, 1.82) is 0 Å². The van der Waals surface area contributed by atoms with Crippen molar-refractivity contribution in [2.24, 2.45) is 0 Å². The van der Waals surface area contributed by atoms with Gasteiger partial charge in [-0.15, -0.1) is 5.10 Å². The van der Waals surface area contributed by atoms with Crippen LogP contribution in [0.25, 0.3) is 22.4 Å². The molecule has 4 rings (SSSR count). The average Bonchev–Trinajstić information content (AvgIpc) is 3.28. The number of methoxy groups -OCH3 is 1. The Hall–Kier alpha value is -4.12. The number of carbonyl (C=O) groups is 1. The predicted octanol–water partition coefficient (Wildman–Crippen LogP) is 2.21. The topological polar surface area (TPSA) is 126 Å². The second-order valence-corrected chi connectivity index (χ2v) is 7.37. The molecule has 2 aromatic carbocycles. The van der Waals surface area contributed by atoms with Gasteiger partial charge in [0.2, 0.25) is 4.96 Å². The van der Waals surface area contributed by atoms with Crippen LogP contribution in [0.2, 0.25) is 0 Å². The van der Waals surface area contributed by atoms with E-state index < -0.39 is 10.9 Å². The lowest BCUT2D eigenvalue weighted by atomic mass is 10.2. The summed E-state index contributed by atoms with van der Waals surface area (Å²) in [6, 6.07) is 10.8. The molecule has 2 heterocycles. The molecule has 2 aromatic heterocycles. The molecule has 0 fully saturated rings. The van der Waals surface area contributed by atoms with Crippen molar-refractivity contribution < 1.29 is 19.2 Å². The fraction of sp³-hybridized carbons (Fsp3) is 0.100. The lowest BCUT2D eigenvalue weighted by Crippen LogP contribution is -2.23. The fourth-order valence-electron chi connectivity index (χ4n) is 2.88. The number of ether oxygens (including phenoxy) is 2. The number of hydrogen-bond donors (Lipinski definition) is 0. The summed E-state index contributed by atoms with van der Waals surface area (Å²) in [5.74, 6) is 0.385. The summed E-state index contributed by atoms with van der Waals surface area (Å²) in [4.78, 5) is 39.1. The van der Waals surface area contributed by atoms with E-state index in [9.17, 15) is 19.7 Å². The first-order chi connectivity index (χ1) is 14.9. The van der Waals surface area contributed by atoms with Gasteiger partial charge in [0.05, 0.1) is 16.6 Å². The van der Waals surface area contributed by atoms with Gasteiger partial charge >= 0.3 is 5.97 Å². The number of nitrogens with zero attached hydrogens (tertiary/aromatic N) is 4. The third-order valence-electron chi connectivity index (χ3n) is 4.24. The lowest BCUT2D eigenvalue weighted by Gasteiger charge is -2.08. The molecule has 0 radical (unpaired) electrons. The zero-order chi connectivity index (χ0) is 22.1. The van der Waals surface area contributed by atoms with Crippen LogP contribution in [0.5, 0.6) is 11.5 Å². The fourth-order valence-corrected chi connectivity index (χ4v) is 3.79. The Balaban J connectivity index is 1.73. The Kier molecular flexibility index (Phi) is 5.17. The molecule has 0 aliphatic carbocycles. The molecule has 0 N–H and O–H groups in total. The molecule has 0 saturated heterocycles. The molecule has 156 valence electrons. The minimum absolute atomic E-state index is 0.0850. The zero-order valence-electron chi connectivity index (χ0n) is 16.3. The van der Waals surface area contributed by atoms with Gasteiger partial charge in [-0.2, -0.15) is 9.50 Å². The number of nitro groups is 1. The van der Waals surface area contributed by atoms with Gasteiger partial charge in [0.15, 0.2) is 17.3 Å². The summed E-state index contributed by atoms with van der Waals surface area (Å²) in [5.41, 5.74) is 0.652. The van der Waals surface area contributed by atoms with E-state index in [4.69, 9.17) is 9.47 Å². The van der Waals surface area contributed by atoms with Crippen LogP contribution in [0.15, 0.2) is 47.3 Å². The van der Waals surface area contributed by atoms with Gasteiger partial charge in [-0.3, -0.25) is 19.7 Å². The van der Waals surface area contributed by atoms with Crippen molar-refractivity contribution in [3.63, 3.8) is 0 Å². The Morgan fingerprint density at radius 1 is 1.23 bits per heavy atom. The van der Waals surface area contributed by atoms with Crippen LogP contribution in [0.1, 0.15) is 12.5 Å². The molecule has 0 saturated carbocycles. The quantitative estimate of drug-likeness (QED) is 0.201. The predicted molar refractivity (Wildman–Crippen MR) is 112 cm³/mol. The molecule has 0 bridgehead atoms. The zero-order valence-corrected chi connectivity index (χ0v) is 17.1. The third-order valence-corrected chi connectivity index (χ3v) is 5.20. The average molecular weight is 438 g/mol. The minimum atomic E-state index is -0.505. The van der Waals surface area contributed by atoms with Gasteiger partial charge in [0, 0.05) is 24.6 Å². The lowest BCUT2D eigenvalue weighted by molar-refractivity contribution is -0.384. The van der Waals surface area contributed by atoms with Gasteiger partial charge in [0.25, 0.3) is 11.2 Å². The van der Waals surface area contributed by atoms with E-state index in [1.54, 1.807) is 30.3 Å². The van der Waals surface area contributed by atoms with E-state index in [2.05, 4.69) is 10.1 Å². The Labute approximate surface area is 178 Å². The highest BCUT2D eigenvalue weighted by molar-refractivity contribution is 7.15. The van der Waals surface area contributed by atoms with Gasteiger partial charge in [-0.25, -0.2) is 0 Å². The summed E-state index contributed by atoms with van der Waals surface area (Å²) in [6.45, 7) is 1.29. The first-order valence-corrected chi connectivity index (χ1v) is 9.70. The maximum absolute atomic E-state index is 12.8. The number of thiazole rings is 1. The maximum atomic E-state index is 12.8. The van der Waals surface area contributed by atoms with Crippen LogP contribution in [0.4, 0.5) is 5.69 Å². The van der Waals surface area contributed by atoms with Gasteiger partial charge in [-0.1, -0.05) is 29.5 Å². The first kappa shape index (κ1) is 20.2. The van der Waals surface area contributed by atoms with E-state index in [1.165, 1.54) is 32.2 Å². The molecular weight excluding hydrogens is 424 g/mol. The number of hydrogen-bond acceptors (Lipinski definition) is 9. The standard InChI is InChI=1S/C20H14N4O6S/c1-11(25)30-15-7-6-12(8-16(15)29-2)9-17-19(26)23-20(31-17)21-18(22-23)13-4-3-5-14(10-13)24(27)28/h3-10H,1-2H3/b17-9+. The van der Waals surface area contributed by atoms with Crippen molar-refractivity contribution >= 4 is 34.0 Å². The SMILES string of the molecule is COc1cc(/C=c2/sc3nc(-c4cccc([N+](=O)[O-])c4)nn3c2=O)ccc1OC(C)=O. The number of nitro benzene ring substituents is 1. The Morgan fingerprint density at radius 3 is 2.71 bits per heavy atom. The van der Waals surface area contributed by atoms with E-state index in [0.29, 0.717) is 26.4 Å². The smallest absolute Gasteiger partial charge is 0.308 e. The van der Waals surface area contributed by atoms with Crippen LogP contribution in [-0.2, 0) is 4.79 Å². The number of benzene rings is 2. The van der Waals surface area contributed by atoms with E-state index >= 15 is 0 Å². The molecule has 0 aliphatic heterocycles. The van der Waals surface area contributed by atoms with Crippen LogP contribution in [0, 0.1) is 10.1 Å². The third kappa shape index (κ3) is 3.98. The minimum Gasteiger partial charge on any atom is -0.493 e. The normalized spacial score (nSPS) is 11.6. The number of aromatic nitrogens is 3. The van der Waals surface area contributed by atoms with Crippen LogP contribution in [-0.4, -0.2) is 32.6 Å². The second kappa shape index (κ2) is 7.95. The van der Waals surface area contributed by atoms with Gasteiger partial charge in [0.1, 0.15) is 0 Å². The molecule has 10 nitrogen and oxygen atoms in total. The Morgan fingerprint density at radius 2 is 2.03 bits per heavy atom. The van der Waals surface area contributed by atoms with Gasteiger partial charge < -0.3 is 9.47 Å². The van der Waals surface area contributed by atoms with E-state index in [1.807, 2.05) is 0 Å². The molecule has 31 heavy (non-hydrogen) atoms. The molecule has 11 heteroatoms. The molecule has 0 atom stereocenters. The highest BCUT2D eigenvalue weighted by Gasteiger charge is 2.15. The summed E-state index contributed by atoms with van der Waals surface area (Å²) in [6.07, 6.45) is 1.65. The highest BCUT2D eigenvalue weighted by Crippen LogP contribution is 2.28. The van der Waals surface area contributed by atoms with Crippen molar-refractivity contribution in [2.45, 2.75) is 6.92 Å². The number of rotatable bonds is 5. The van der Waals surface area contributed by atoms with Crippen LogP contribution in [0.3, 0.4) is 0 Å². The van der Waals surface area contributed by atoms with Crippen molar-refractivity contribution in [1.82, 2.24) is 14.6 Å². The number of non-ortho nitro benzene ring substituents is 1. The van der Waals surface area contributed by atoms with E-state index in [-0.39, 0.29) is 22.8 Å². The molecule has 0 unspecified atom stereocenters. The number of carbonyl (C=O) groups excluding carboxylic acids is 1.